The van der Waals surface area contributed by atoms with Crippen molar-refractivity contribution in [1.29, 1.82) is 0 Å². The fraction of sp³-hybridized carbons (Fsp3) is 0.500. The van der Waals surface area contributed by atoms with Gasteiger partial charge in [0, 0.05) is 26.1 Å². The molecule has 1 rings (SSSR count). The Morgan fingerprint density at radius 3 is 2.60 bits per heavy atom. The van der Waals surface area contributed by atoms with Gasteiger partial charge in [0.1, 0.15) is 0 Å². The van der Waals surface area contributed by atoms with Crippen LogP contribution in [0.3, 0.4) is 0 Å². The van der Waals surface area contributed by atoms with E-state index in [4.69, 9.17) is 15.2 Å². The van der Waals surface area contributed by atoms with Crippen molar-refractivity contribution in [2.75, 3.05) is 33.5 Å². The second-order valence-electron chi connectivity index (χ2n) is 4.18. The van der Waals surface area contributed by atoms with Crippen molar-refractivity contribution in [3.05, 3.63) is 35.9 Å². The van der Waals surface area contributed by atoms with Crippen molar-refractivity contribution in [2.24, 2.45) is 5.73 Å². The van der Waals surface area contributed by atoms with Crippen molar-refractivity contribution < 1.29 is 14.3 Å². The van der Waals surface area contributed by atoms with Crippen LogP contribution in [0.25, 0.3) is 0 Å². The van der Waals surface area contributed by atoms with Crippen LogP contribution in [0.5, 0.6) is 0 Å². The summed E-state index contributed by atoms with van der Waals surface area (Å²) in [4.78, 5) is 11.6. The molecule has 0 aromatic heterocycles. The predicted molar refractivity (Wildman–Crippen MR) is 80.9 cm³/mol. The van der Waals surface area contributed by atoms with Crippen LogP contribution in [0.4, 0.5) is 0 Å². The summed E-state index contributed by atoms with van der Waals surface area (Å²) >= 11 is 0. The molecule has 0 saturated carbocycles. The van der Waals surface area contributed by atoms with Crippen LogP contribution in [0.1, 0.15) is 18.0 Å². The average molecular weight is 303 g/mol. The molecule has 0 radical (unpaired) electrons. The third kappa shape index (κ3) is 8.12. The molecule has 5 nitrogen and oxygen atoms in total. The van der Waals surface area contributed by atoms with Gasteiger partial charge in [0.2, 0.25) is 5.91 Å². The van der Waals surface area contributed by atoms with E-state index >= 15 is 0 Å². The molecule has 1 amide bonds. The minimum absolute atomic E-state index is 0. The Bertz CT molecular complexity index is 363. The van der Waals surface area contributed by atoms with Crippen LogP contribution in [-0.2, 0) is 14.3 Å². The highest BCUT2D eigenvalue weighted by atomic mass is 35.5. The van der Waals surface area contributed by atoms with Gasteiger partial charge in [0.15, 0.2) is 0 Å². The van der Waals surface area contributed by atoms with Crippen molar-refractivity contribution in [3.63, 3.8) is 0 Å². The number of hydrogen-bond donors (Lipinski definition) is 2. The Morgan fingerprint density at radius 2 is 1.95 bits per heavy atom. The lowest BCUT2D eigenvalue weighted by atomic mass is 10.0. The molecule has 0 heterocycles. The third-order valence-corrected chi connectivity index (χ3v) is 2.63. The molecule has 3 N–H and O–H groups in total. The maximum absolute atomic E-state index is 11.6. The molecule has 1 aromatic rings. The molecular formula is C14H23ClN2O3. The van der Waals surface area contributed by atoms with E-state index in [2.05, 4.69) is 5.32 Å². The largest absolute Gasteiger partial charge is 0.382 e. The molecule has 20 heavy (non-hydrogen) atoms. The molecule has 0 fully saturated rings. The lowest BCUT2D eigenvalue weighted by Gasteiger charge is -2.12. The lowest BCUT2D eigenvalue weighted by molar-refractivity contribution is -0.121. The highest BCUT2D eigenvalue weighted by molar-refractivity contribution is 5.85. The van der Waals surface area contributed by atoms with Crippen molar-refractivity contribution >= 4 is 18.3 Å². The number of ether oxygens (including phenoxy) is 2. The van der Waals surface area contributed by atoms with Crippen LogP contribution in [0.15, 0.2) is 30.3 Å². The molecule has 1 unspecified atom stereocenters. The molecule has 0 spiro atoms. The number of nitrogens with one attached hydrogen (secondary N) is 1. The fourth-order valence-corrected chi connectivity index (χ4v) is 1.60. The summed E-state index contributed by atoms with van der Waals surface area (Å²) < 4.78 is 10.1. The fourth-order valence-electron chi connectivity index (χ4n) is 1.60. The number of nitrogens with two attached hydrogens (primary N) is 1. The Morgan fingerprint density at radius 1 is 1.25 bits per heavy atom. The van der Waals surface area contributed by atoms with E-state index in [1.54, 1.807) is 7.11 Å². The Balaban J connectivity index is 0.00000361. The molecule has 1 atom stereocenters. The minimum Gasteiger partial charge on any atom is -0.382 e. The standard InChI is InChI=1S/C14H22N2O3.ClH/c1-18-9-10-19-8-7-16-14(17)11-13(15)12-5-3-2-4-6-12;/h2-6,13H,7-11,15H2,1H3,(H,16,17);1H. The number of halogens is 1. The quantitative estimate of drug-likeness (QED) is 0.674. The third-order valence-electron chi connectivity index (χ3n) is 2.63. The number of methoxy groups -OCH3 is 1. The van der Waals surface area contributed by atoms with Crippen LogP contribution >= 0.6 is 12.4 Å². The van der Waals surface area contributed by atoms with Crippen LogP contribution < -0.4 is 11.1 Å². The van der Waals surface area contributed by atoms with Crippen molar-refractivity contribution in [2.45, 2.75) is 12.5 Å². The normalized spacial score (nSPS) is 11.5. The van der Waals surface area contributed by atoms with Gasteiger partial charge in [-0.25, -0.2) is 0 Å². The second kappa shape index (κ2) is 11.7. The van der Waals surface area contributed by atoms with Crippen LogP contribution in [0.2, 0.25) is 0 Å². The SMILES string of the molecule is COCCOCCNC(=O)CC(N)c1ccccc1.Cl. The first-order chi connectivity index (χ1) is 9.24. The van der Waals surface area contributed by atoms with E-state index in [1.165, 1.54) is 0 Å². The zero-order chi connectivity index (χ0) is 13.9. The van der Waals surface area contributed by atoms with Gasteiger partial charge in [-0.05, 0) is 5.56 Å². The van der Waals surface area contributed by atoms with E-state index in [9.17, 15) is 4.79 Å². The molecule has 1 aromatic carbocycles. The van der Waals surface area contributed by atoms with E-state index in [0.717, 1.165) is 5.56 Å². The average Bonchev–Trinajstić information content (AvgIpc) is 2.43. The lowest BCUT2D eigenvalue weighted by Crippen LogP contribution is -2.30. The summed E-state index contributed by atoms with van der Waals surface area (Å²) in [7, 11) is 1.62. The molecule has 0 bridgehead atoms. The highest BCUT2D eigenvalue weighted by Crippen LogP contribution is 2.12. The smallest absolute Gasteiger partial charge is 0.221 e. The Kier molecular flexibility index (Phi) is 11.0. The first-order valence-electron chi connectivity index (χ1n) is 6.38. The van der Waals surface area contributed by atoms with Gasteiger partial charge in [-0.3, -0.25) is 4.79 Å². The van der Waals surface area contributed by atoms with Gasteiger partial charge >= 0.3 is 0 Å². The monoisotopic (exact) mass is 302 g/mol. The second-order valence-corrected chi connectivity index (χ2v) is 4.18. The van der Waals surface area contributed by atoms with Gasteiger partial charge in [0.25, 0.3) is 0 Å². The number of amides is 1. The molecule has 0 aliphatic rings. The Labute approximate surface area is 126 Å². The van der Waals surface area contributed by atoms with Crippen molar-refractivity contribution in [1.82, 2.24) is 5.32 Å². The summed E-state index contributed by atoms with van der Waals surface area (Å²) in [6, 6.07) is 9.33. The maximum atomic E-state index is 11.6. The van der Waals surface area contributed by atoms with Crippen LogP contribution in [-0.4, -0.2) is 39.4 Å². The van der Waals surface area contributed by atoms with Crippen LogP contribution in [0, 0.1) is 0 Å². The number of carbonyl (C=O) groups is 1. The number of hydrogen-bond acceptors (Lipinski definition) is 4. The van der Waals surface area contributed by atoms with E-state index in [0.29, 0.717) is 26.4 Å². The molecular weight excluding hydrogens is 280 g/mol. The molecule has 0 aliphatic carbocycles. The van der Waals surface area contributed by atoms with Gasteiger partial charge in [-0.15, -0.1) is 12.4 Å². The molecule has 114 valence electrons. The Hall–Kier alpha value is -1.14. The number of benzene rings is 1. The topological polar surface area (TPSA) is 73.6 Å². The molecule has 0 aliphatic heterocycles. The summed E-state index contributed by atoms with van der Waals surface area (Å²) in [5.41, 5.74) is 6.92. The van der Waals surface area contributed by atoms with E-state index in [1.807, 2.05) is 30.3 Å². The van der Waals surface area contributed by atoms with Gasteiger partial charge in [0.05, 0.1) is 19.8 Å². The van der Waals surface area contributed by atoms with Crippen molar-refractivity contribution in [3.8, 4) is 0 Å². The zero-order valence-corrected chi connectivity index (χ0v) is 12.5. The number of carbonyl (C=O) groups excluding carboxylic acids is 1. The molecule has 0 saturated heterocycles. The summed E-state index contributed by atoms with van der Waals surface area (Å²) in [5, 5.41) is 2.78. The van der Waals surface area contributed by atoms with E-state index in [-0.39, 0.29) is 30.8 Å². The summed E-state index contributed by atoms with van der Waals surface area (Å²) in [6.07, 6.45) is 0.280. The first-order valence-corrected chi connectivity index (χ1v) is 6.38. The zero-order valence-electron chi connectivity index (χ0n) is 11.7. The molecule has 6 heteroatoms. The van der Waals surface area contributed by atoms with E-state index < -0.39 is 0 Å². The minimum atomic E-state index is -0.268. The summed E-state index contributed by atoms with van der Waals surface area (Å²) in [5.74, 6) is -0.0632. The summed E-state index contributed by atoms with van der Waals surface area (Å²) in [6.45, 7) is 2.07. The predicted octanol–water partition coefficient (Wildman–Crippen LogP) is 1.28. The number of rotatable bonds is 9. The highest BCUT2D eigenvalue weighted by Gasteiger charge is 2.10. The first kappa shape index (κ1) is 18.9. The van der Waals surface area contributed by atoms with Gasteiger partial charge in [-0.1, -0.05) is 30.3 Å². The maximum Gasteiger partial charge on any atom is 0.221 e. The van der Waals surface area contributed by atoms with Gasteiger partial charge < -0.3 is 20.5 Å². The van der Waals surface area contributed by atoms with Gasteiger partial charge in [-0.2, -0.15) is 0 Å².